The molecule has 1 aliphatic rings. The van der Waals surface area contributed by atoms with Crippen LogP contribution in [0.3, 0.4) is 0 Å². The molecule has 0 saturated carbocycles. The third kappa shape index (κ3) is 4.63. The molecule has 1 N–H and O–H groups in total. The van der Waals surface area contributed by atoms with Gasteiger partial charge < -0.3 is 9.64 Å². The lowest BCUT2D eigenvalue weighted by Crippen LogP contribution is -2.52. The number of methoxy groups -OCH3 is 1. The molecule has 17 heavy (non-hydrogen) atoms. The lowest BCUT2D eigenvalue weighted by Gasteiger charge is -2.36. The van der Waals surface area contributed by atoms with Gasteiger partial charge in [0.15, 0.2) is 0 Å². The number of likely N-dealkylation sites (N-methyl/N-ethyl adjacent to an activating group) is 1. The number of nitrogens with zero attached hydrogens (tertiary/aromatic N) is 2. The number of hydrogen-bond acceptors (Lipinski definition) is 4. The fraction of sp³-hybridized carbons (Fsp3) is 0.923. The summed E-state index contributed by atoms with van der Waals surface area (Å²) in [4.78, 5) is 2.39. The van der Waals surface area contributed by atoms with Crippen molar-refractivity contribution >= 4 is 0 Å². The lowest BCUT2D eigenvalue weighted by molar-refractivity contribution is 0.0817. The van der Waals surface area contributed by atoms with Crippen LogP contribution in [0.4, 0.5) is 0 Å². The van der Waals surface area contributed by atoms with Gasteiger partial charge in [0.25, 0.3) is 0 Å². The molecule has 4 heteroatoms. The Labute approximate surface area is 105 Å². The van der Waals surface area contributed by atoms with Gasteiger partial charge in [0.2, 0.25) is 0 Å². The summed E-state index contributed by atoms with van der Waals surface area (Å²) in [5.41, 5.74) is -0.427. The van der Waals surface area contributed by atoms with Crippen LogP contribution >= 0.6 is 0 Å². The Morgan fingerprint density at radius 1 is 1.59 bits per heavy atom. The summed E-state index contributed by atoms with van der Waals surface area (Å²) in [5, 5.41) is 12.5. The van der Waals surface area contributed by atoms with Gasteiger partial charge in [-0.05, 0) is 38.8 Å². The van der Waals surface area contributed by atoms with Crippen LogP contribution in [0.15, 0.2) is 0 Å². The SMILES string of the molecule is CCNC(C)(C#N)CN1CCCC(COC)C1. The fourth-order valence-corrected chi connectivity index (χ4v) is 2.63. The maximum absolute atomic E-state index is 9.25. The van der Waals surface area contributed by atoms with E-state index in [2.05, 4.69) is 16.3 Å². The number of ether oxygens (including phenoxy) is 1. The molecule has 1 aliphatic heterocycles. The van der Waals surface area contributed by atoms with Crippen LogP contribution in [0.25, 0.3) is 0 Å². The summed E-state index contributed by atoms with van der Waals surface area (Å²) in [6, 6.07) is 2.39. The minimum Gasteiger partial charge on any atom is -0.384 e. The minimum absolute atomic E-state index is 0.427. The van der Waals surface area contributed by atoms with E-state index < -0.39 is 5.54 Å². The van der Waals surface area contributed by atoms with Crippen molar-refractivity contribution < 1.29 is 4.74 Å². The standard InChI is InChI=1S/C13H25N3O/c1-4-15-13(2,10-14)11-16-7-5-6-12(8-16)9-17-3/h12,15H,4-9,11H2,1-3H3. The van der Waals surface area contributed by atoms with Crippen LogP contribution in [0.5, 0.6) is 0 Å². The van der Waals surface area contributed by atoms with E-state index in [9.17, 15) is 5.26 Å². The smallest absolute Gasteiger partial charge is 0.116 e. The zero-order valence-corrected chi connectivity index (χ0v) is 11.3. The molecule has 1 heterocycles. The normalized spacial score (nSPS) is 25.2. The zero-order valence-electron chi connectivity index (χ0n) is 11.3. The van der Waals surface area contributed by atoms with Crippen LogP contribution < -0.4 is 5.32 Å². The molecule has 0 aromatic rings. The molecule has 0 amide bonds. The number of hydrogen-bond donors (Lipinski definition) is 1. The van der Waals surface area contributed by atoms with E-state index in [0.717, 1.165) is 32.8 Å². The van der Waals surface area contributed by atoms with Crippen LogP contribution in [-0.4, -0.2) is 50.3 Å². The van der Waals surface area contributed by atoms with Crippen molar-refractivity contribution in [1.82, 2.24) is 10.2 Å². The van der Waals surface area contributed by atoms with Crippen molar-refractivity contribution in [3.8, 4) is 6.07 Å². The summed E-state index contributed by atoms with van der Waals surface area (Å²) >= 11 is 0. The second kappa shape index (κ2) is 6.95. The number of piperidine rings is 1. The van der Waals surface area contributed by atoms with E-state index in [1.807, 2.05) is 13.8 Å². The molecule has 2 atom stereocenters. The Hall–Kier alpha value is -0.630. The number of nitriles is 1. The van der Waals surface area contributed by atoms with Crippen molar-refractivity contribution in [2.75, 3.05) is 39.9 Å². The molecule has 4 nitrogen and oxygen atoms in total. The number of nitrogens with one attached hydrogen (secondary N) is 1. The second-order valence-electron chi connectivity index (χ2n) is 5.17. The van der Waals surface area contributed by atoms with Crippen molar-refractivity contribution in [3.05, 3.63) is 0 Å². The summed E-state index contributed by atoms with van der Waals surface area (Å²) in [6.45, 7) is 8.65. The Morgan fingerprint density at radius 3 is 2.94 bits per heavy atom. The van der Waals surface area contributed by atoms with Crippen molar-refractivity contribution in [2.45, 2.75) is 32.2 Å². The maximum atomic E-state index is 9.25. The van der Waals surface area contributed by atoms with Crippen LogP contribution in [0.2, 0.25) is 0 Å². The molecule has 1 rings (SSSR count). The topological polar surface area (TPSA) is 48.3 Å². The summed E-state index contributed by atoms with van der Waals surface area (Å²) < 4.78 is 5.23. The van der Waals surface area contributed by atoms with Crippen LogP contribution in [0, 0.1) is 17.2 Å². The molecule has 98 valence electrons. The molecule has 1 fully saturated rings. The Balaban J connectivity index is 2.47. The first-order valence-corrected chi connectivity index (χ1v) is 6.51. The van der Waals surface area contributed by atoms with Gasteiger partial charge in [0.05, 0.1) is 12.7 Å². The van der Waals surface area contributed by atoms with Crippen LogP contribution in [-0.2, 0) is 4.74 Å². The molecule has 0 aliphatic carbocycles. The van der Waals surface area contributed by atoms with Gasteiger partial charge in [0, 0.05) is 20.2 Å². The van der Waals surface area contributed by atoms with Crippen molar-refractivity contribution in [3.63, 3.8) is 0 Å². The quantitative estimate of drug-likeness (QED) is 0.757. The minimum atomic E-state index is -0.427. The molecule has 0 radical (unpaired) electrons. The maximum Gasteiger partial charge on any atom is 0.116 e. The average Bonchev–Trinajstić information content (AvgIpc) is 2.30. The van der Waals surface area contributed by atoms with Gasteiger partial charge in [-0.1, -0.05) is 6.92 Å². The van der Waals surface area contributed by atoms with E-state index in [1.54, 1.807) is 7.11 Å². The van der Waals surface area contributed by atoms with Gasteiger partial charge in [-0.25, -0.2) is 0 Å². The third-order valence-electron chi connectivity index (χ3n) is 3.36. The first-order chi connectivity index (χ1) is 8.13. The zero-order chi connectivity index (χ0) is 12.7. The number of rotatable bonds is 6. The molecular weight excluding hydrogens is 214 g/mol. The molecular formula is C13H25N3O. The predicted molar refractivity (Wildman–Crippen MR) is 68.7 cm³/mol. The molecule has 0 aromatic heterocycles. The third-order valence-corrected chi connectivity index (χ3v) is 3.36. The Bertz CT molecular complexity index is 262. The van der Waals surface area contributed by atoms with Gasteiger partial charge in [-0.2, -0.15) is 5.26 Å². The van der Waals surface area contributed by atoms with E-state index in [0.29, 0.717) is 5.92 Å². The first kappa shape index (κ1) is 14.4. The molecule has 0 bridgehead atoms. The highest BCUT2D eigenvalue weighted by molar-refractivity contribution is 5.05. The number of likely N-dealkylation sites (tertiary alicyclic amines) is 1. The Morgan fingerprint density at radius 2 is 2.35 bits per heavy atom. The summed E-state index contributed by atoms with van der Waals surface area (Å²) in [5.74, 6) is 0.623. The lowest BCUT2D eigenvalue weighted by atomic mass is 9.96. The van der Waals surface area contributed by atoms with E-state index in [1.165, 1.54) is 12.8 Å². The first-order valence-electron chi connectivity index (χ1n) is 6.51. The predicted octanol–water partition coefficient (Wildman–Crippen LogP) is 1.24. The van der Waals surface area contributed by atoms with E-state index in [4.69, 9.17) is 4.74 Å². The van der Waals surface area contributed by atoms with Crippen molar-refractivity contribution in [2.24, 2.45) is 5.92 Å². The highest BCUT2D eigenvalue weighted by atomic mass is 16.5. The molecule has 0 aromatic carbocycles. The van der Waals surface area contributed by atoms with Gasteiger partial charge in [0.1, 0.15) is 5.54 Å². The Kier molecular flexibility index (Phi) is 5.90. The summed E-state index contributed by atoms with van der Waals surface area (Å²) in [7, 11) is 1.76. The van der Waals surface area contributed by atoms with E-state index >= 15 is 0 Å². The fourth-order valence-electron chi connectivity index (χ4n) is 2.63. The molecule has 1 saturated heterocycles. The highest BCUT2D eigenvalue weighted by Gasteiger charge is 2.28. The average molecular weight is 239 g/mol. The van der Waals surface area contributed by atoms with Gasteiger partial charge in [-0.3, -0.25) is 5.32 Å². The highest BCUT2D eigenvalue weighted by Crippen LogP contribution is 2.18. The van der Waals surface area contributed by atoms with Gasteiger partial charge >= 0.3 is 0 Å². The second-order valence-corrected chi connectivity index (χ2v) is 5.17. The monoisotopic (exact) mass is 239 g/mol. The largest absolute Gasteiger partial charge is 0.384 e. The molecule has 2 unspecified atom stereocenters. The molecule has 0 spiro atoms. The van der Waals surface area contributed by atoms with E-state index in [-0.39, 0.29) is 0 Å². The van der Waals surface area contributed by atoms with Crippen LogP contribution in [0.1, 0.15) is 26.7 Å². The van der Waals surface area contributed by atoms with Gasteiger partial charge in [-0.15, -0.1) is 0 Å². The summed E-state index contributed by atoms with van der Waals surface area (Å²) in [6.07, 6.45) is 2.45. The van der Waals surface area contributed by atoms with Crippen molar-refractivity contribution in [1.29, 1.82) is 5.26 Å².